The van der Waals surface area contributed by atoms with Gasteiger partial charge in [-0.2, -0.15) is 0 Å². The molecule has 0 heterocycles. The fraction of sp³-hybridized carbons (Fsp3) is 0.143. The van der Waals surface area contributed by atoms with Crippen molar-refractivity contribution in [1.82, 2.24) is 5.43 Å². The molecule has 0 aromatic heterocycles. The van der Waals surface area contributed by atoms with E-state index >= 15 is 0 Å². The van der Waals surface area contributed by atoms with Gasteiger partial charge in [0.05, 0.1) is 16.1 Å². The summed E-state index contributed by atoms with van der Waals surface area (Å²) in [5.74, 6) is 5.23. The summed E-state index contributed by atoms with van der Waals surface area (Å²) in [6.45, 7) is 1.89. The number of rotatable bonds is 3. The van der Waals surface area contributed by atoms with Gasteiger partial charge in [-0.3, -0.25) is 5.84 Å². The number of hydrogen-bond acceptors (Lipinski definition) is 2. The minimum absolute atomic E-state index is 0.320. The lowest BCUT2D eigenvalue weighted by Crippen LogP contribution is -2.29. The van der Waals surface area contributed by atoms with Crippen LogP contribution in [0.15, 0.2) is 36.4 Å². The van der Waals surface area contributed by atoms with Gasteiger partial charge in [0.25, 0.3) is 0 Å². The molecule has 0 saturated heterocycles. The van der Waals surface area contributed by atoms with Gasteiger partial charge in [0.1, 0.15) is 5.82 Å². The highest BCUT2D eigenvalue weighted by atomic mass is 35.5. The molecule has 2 nitrogen and oxygen atoms in total. The predicted octanol–water partition coefficient (Wildman–Crippen LogP) is 3.99. The highest BCUT2D eigenvalue weighted by Gasteiger charge is 2.17. The Labute approximate surface area is 121 Å². The summed E-state index contributed by atoms with van der Waals surface area (Å²) >= 11 is 11.9. The highest BCUT2D eigenvalue weighted by Crippen LogP contribution is 2.29. The maximum Gasteiger partial charge on any atom is 0.128 e. The quantitative estimate of drug-likeness (QED) is 0.664. The number of hydrogen-bond donors (Lipinski definition) is 2. The smallest absolute Gasteiger partial charge is 0.128 e. The Balaban J connectivity index is 2.49. The zero-order valence-electron chi connectivity index (χ0n) is 10.3. The van der Waals surface area contributed by atoms with Crippen LogP contribution >= 0.6 is 23.2 Å². The molecule has 0 aliphatic carbocycles. The molecule has 0 fully saturated rings. The molecule has 0 bridgehead atoms. The van der Waals surface area contributed by atoms with Crippen LogP contribution in [0.4, 0.5) is 4.39 Å². The number of benzene rings is 2. The minimum Gasteiger partial charge on any atom is -0.271 e. The average molecular weight is 299 g/mol. The summed E-state index contributed by atoms with van der Waals surface area (Å²) in [4.78, 5) is 0. The van der Waals surface area contributed by atoms with E-state index in [2.05, 4.69) is 5.43 Å². The Kier molecular flexibility index (Phi) is 4.42. The van der Waals surface area contributed by atoms with Gasteiger partial charge >= 0.3 is 0 Å². The van der Waals surface area contributed by atoms with Crippen LogP contribution in [-0.4, -0.2) is 0 Å². The van der Waals surface area contributed by atoms with Gasteiger partial charge in [-0.25, -0.2) is 9.82 Å². The molecule has 19 heavy (non-hydrogen) atoms. The summed E-state index contributed by atoms with van der Waals surface area (Å²) in [7, 11) is 0. The Morgan fingerprint density at radius 3 is 2.47 bits per heavy atom. The first-order chi connectivity index (χ1) is 9.02. The Bertz CT molecular complexity index is 602. The maximum atomic E-state index is 13.9. The van der Waals surface area contributed by atoms with Crippen molar-refractivity contribution in [2.45, 2.75) is 13.0 Å². The Morgan fingerprint density at radius 2 is 1.84 bits per heavy atom. The van der Waals surface area contributed by atoms with Crippen molar-refractivity contribution in [3.05, 3.63) is 69.0 Å². The van der Waals surface area contributed by atoms with Crippen molar-refractivity contribution in [2.75, 3.05) is 0 Å². The number of aryl methyl sites for hydroxylation is 1. The monoisotopic (exact) mass is 298 g/mol. The molecule has 1 atom stereocenters. The number of hydrazine groups is 1. The van der Waals surface area contributed by atoms with E-state index in [0.29, 0.717) is 15.6 Å². The summed E-state index contributed by atoms with van der Waals surface area (Å²) < 4.78 is 13.9. The second kappa shape index (κ2) is 5.88. The van der Waals surface area contributed by atoms with Crippen LogP contribution in [0.25, 0.3) is 0 Å². The van der Waals surface area contributed by atoms with Gasteiger partial charge in [-0.1, -0.05) is 47.0 Å². The highest BCUT2D eigenvalue weighted by molar-refractivity contribution is 6.42. The molecule has 2 rings (SSSR count). The van der Waals surface area contributed by atoms with E-state index in [0.717, 1.165) is 11.1 Å². The van der Waals surface area contributed by atoms with E-state index in [4.69, 9.17) is 29.0 Å². The lowest BCUT2D eigenvalue weighted by molar-refractivity contribution is 0.559. The summed E-state index contributed by atoms with van der Waals surface area (Å²) in [5.41, 5.74) is 4.79. The Morgan fingerprint density at radius 1 is 1.11 bits per heavy atom. The summed E-state index contributed by atoms with van der Waals surface area (Å²) in [5, 5.41) is 0.860. The molecule has 2 aromatic rings. The third-order valence-electron chi connectivity index (χ3n) is 2.91. The van der Waals surface area contributed by atoms with E-state index in [1.54, 1.807) is 30.3 Å². The third kappa shape index (κ3) is 3.07. The molecule has 100 valence electrons. The first kappa shape index (κ1) is 14.3. The lowest BCUT2D eigenvalue weighted by Gasteiger charge is -2.18. The Hall–Kier alpha value is -1.13. The van der Waals surface area contributed by atoms with Gasteiger partial charge in [0, 0.05) is 5.56 Å². The van der Waals surface area contributed by atoms with E-state index in [1.807, 2.05) is 6.92 Å². The van der Waals surface area contributed by atoms with Gasteiger partial charge in [-0.05, 0) is 30.7 Å². The lowest BCUT2D eigenvalue weighted by atomic mass is 9.97. The standard InChI is InChI=1S/C14H13Cl2FN2/c1-8-2-5-13(17)10(6-8)14(19-18)9-3-4-11(15)12(16)7-9/h2-7,14,19H,18H2,1H3. The van der Waals surface area contributed by atoms with Gasteiger partial charge in [0.2, 0.25) is 0 Å². The zero-order valence-corrected chi connectivity index (χ0v) is 11.8. The van der Waals surface area contributed by atoms with Crippen LogP contribution in [0.2, 0.25) is 10.0 Å². The summed E-state index contributed by atoms with van der Waals surface area (Å²) in [6.07, 6.45) is 0. The van der Waals surface area contributed by atoms with Crippen molar-refractivity contribution >= 4 is 23.2 Å². The van der Waals surface area contributed by atoms with Crippen molar-refractivity contribution in [1.29, 1.82) is 0 Å². The van der Waals surface area contributed by atoms with Crippen LogP contribution in [0.3, 0.4) is 0 Å². The first-order valence-electron chi connectivity index (χ1n) is 5.70. The molecule has 0 radical (unpaired) electrons. The van der Waals surface area contributed by atoms with Crippen LogP contribution in [0.5, 0.6) is 0 Å². The van der Waals surface area contributed by atoms with Crippen LogP contribution in [-0.2, 0) is 0 Å². The normalized spacial score (nSPS) is 12.5. The van der Waals surface area contributed by atoms with E-state index < -0.39 is 6.04 Å². The van der Waals surface area contributed by atoms with Crippen molar-refractivity contribution in [3.8, 4) is 0 Å². The molecule has 2 aromatic carbocycles. The van der Waals surface area contributed by atoms with E-state index in [9.17, 15) is 4.39 Å². The summed E-state index contributed by atoms with van der Waals surface area (Å²) in [6, 6.07) is 9.51. The molecule has 0 amide bonds. The van der Waals surface area contributed by atoms with Crippen molar-refractivity contribution < 1.29 is 4.39 Å². The van der Waals surface area contributed by atoms with Gasteiger partial charge in [0.15, 0.2) is 0 Å². The van der Waals surface area contributed by atoms with Crippen LogP contribution in [0, 0.1) is 12.7 Å². The predicted molar refractivity (Wildman–Crippen MR) is 76.8 cm³/mol. The van der Waals surface area contributed by atoms with Crippen LogP contribution < -0.4 is 11.3 Å². The van der Waals surface area contributed by atoms with Crippen LogP contribution in [0.1, 0.15) is 22.7 Å². The zero-order chi connectivity index (χ0) is 14.0. The SMILES string of the molecule is Cc1ccc(F)c(C(NN)c2ccc(Cl)c(Cl)c2)c1. The number of nitrogens with one attached hydrogen (secondary N) is 1. The fourth-order valence-electron chi connectivity index (χ4n) is 1.94. The molecule has 0 aliphatic heterocycles. The minimum atomic E-state index is -0.477. The second-order valence-corrected chi connectivity index (χ2v) is 5.11. The fourth-order valence-corrected chi connectivity index (χ4v) is 2.25. The number of nitrogens with two attached hydrogens (primary N) is 1. The number of halogens is 3. The third-order valence-corrected chi connectivity index (χ3v) is 3.65. The molecule has 0 aliphatic rings. The first-order valence-corrected chi connectivity index (χ1v) is 6.45. The average Bonchev–Trinajstić information content (AvgIpc) is 2.38. The molecular formula is C14H13Cl2FN2. The molecule has 1 unspecified atom stereocenters. The molecule has 5 heteroatoms. The molecular weight excluding hydrogens is 286 g/mol. The second-order valence-electron chi connectivity index (χ2n) is 4.30. The van der Waals surface area contributed by atoms with Crippen molar-refractivity contribution in [2.24, 2.45) is 5.84 Å². The molecule has 0 saturated carbocycles. The van der Waals surface area contributed by atoms with Gasteiger partial charge < -0.3 is 0 Å². The molecule has 0 spiro atoms. The van der Waals surface area contributed by atoms with Gasteiger partial charge in [-0.15, -0.1) is 0 Å². The van der Waals surface area contributed by atoms with E-state index in [1.165, 1.54) is 6.07 Å². The van der Waals surface area contributed by atoms with E-state index in [-0.39, 0.29) is 5.82 Å². The largest absolute Gasteiger partial charge is 0.271 e. The molecule has 3 N–H and O–H groups in total. The topological polar surface area (TPSA) is 38.0 Å². The van der Waals surface area contributed by atoms with Crippen molar-refractivity contribution in [3.63, 3.8) is 0 Å². The maximum absolute atomic E-state index is 13.9.